The van der Waals surface area contributed by atoms with Gasteiger partial charge in [-0.25, -0.2) is 0 Å². The van der Waals surface area contributed by atoms with Crippen LogP contribution in [0.4, 0.5) is 0 Å². The lowest BCUT2D eigenvalue weighted by atomic mass is 10.1. The van der Waals surface area contributed by atoms with Crippen molar-refractivity contribution in [3.8, 4) is 5.75 Å². The molecule has 3 rings (SSSR count). The van der Waals surface area contributed by atoms with Crippen molar-refractivity contribution in [2.75, 3.05) is 0 Å². The van der Waals surface area contributed by atoms with E-state index in [9.17, 15) is 0 Å². The van der Waals surface area contributed by atoms with Crippen molar-refractivity contribution >= 4 is 11.6 Å². The van der Waals surface area contributed by atoms with E-state index in [1.807, 2.05) is 48.7 Å². The number of nitrogens with one attached hydrogen (secondary N) is 1. The molecule has 0 amide bonds. The second-order valence-electron chi connectivity index (χ2n) is 5.93. The zero-order valence-corrected chi connectivity index (χ0v) is 15.0. The Balaban J connectivity index is 1.64. The van der Waals surface area contributed by atoms with Crippen molar-refractivity contribution < 1.29 is 4.74 Å². The molecule has 0 aliphatic carbocycles. The van der Waals surface area contributed by atoms with E-state index in [1.165, 1.54) is 11.1 Å². The lowest BCUT2D eigenvalue weighted by molar-refractivity contribution is 0.301. The monoisotopic (exact) mass is 352 g/mol. The van der Waals surface area contributed by atoms with E-state index in [-0.39, 0.29) is 0 Å². The smallest absolute Gasteiger partial charge is 0.124 e. The van der Waals surface area contributed by atoms with E-state index >= 15 is 0 Å². The van der Waals surface area contributed by atoms with Crippen LogP contribution in [0.3, 0.4) is 0 Å². The molecule has 1 heterocycles. The number of pyridine rings is 1. The third-order valence-corrected chi connectivity index (χ3v) is 4.27. The number of aryl methyl sites for hydroxylation is 1. The predicted octanol–water partition coefficient (Wildman–Crippen LogP) is 4.91. The number of ether oxygens (including phenoxy) is 1. The summed E-state index contributed by atoms with van der Waals surface area (Å²) in [5, 5.41) is 4.13. The van der Waals surface area contributed by atoms with Crippen LogP contribution in [-0.4, -0.2) is 4.98 Å². The van der Waals surface area contributed by atoms with Crippen molar-refractivity contribution in [1.29, 1.82) is 0 Å². The summed E-state index contributed by atoms with van der Waals surface area (Å²) in [5.74, 6) is 0.853. The highest BCUT2D eigenvalue weighted by Gasteiger charge is 2.06. The molecular weight excluding hydrogens is 332 g/mol. The molecule has 0 fully saturated rings. The van der Waals surface area contributed by atoms with Gasteiger partial charge < -0.3 is 10.1 Å². The Kier molecular flexibility index (Phi) is 6.04. The minimum atomic E-state index is 0.546. The second kappa shape index (κ2) is 8.65. The Labute approximate surface area is 153 Å². The first-order chi connectivity index (χ1) is 12.2. The summed E-state index contributed by atoms with van der Waals surface area (Å²) in [4.78, 5) is 4.13. The van der Waals surface area contributed by atoms with Crippen LogP contribution < -0.4 is 10.1 Å². The van der Waals surface area contributed by atoms with Crippen molar-refractivity contribution in [1.82, 2.24) is 10.3 Å². The van der Waals surface area contributed by atoms with Crippen LogP contribution in [0.2, 0.25) is 5.02 Å². The first kappa shape index (κ1) is 17.5. The first-order valence-electron chi connectivity index (χ1n) is 8.28. The second-order valence-corrected chi connectivity index (χ2v) is 6.37. The minimum absolute atomic E-state index is 0.546. The molecule has 0 radical (unpaired) electrons. The van der Waals surface area contributed by atoms with Crippen LogP contribution in [-0.2, 0) is 19.7 Å². The lowest BCUT2D eigenvalue weighted by Crippen LogP contribution is -2.14. The molecule has 3 aromatic rings. The maximum atomic E-state index is 6.16. The largest absolute Gasteiger partial charge is 0.489 e. The molecule has 0 saturated heterocycles. The number of benzene rings is 2. The first-order valence-corrected chi connectivity index (χ1v) is 8.65. The number of hydrogen-bond donors (Lipinski definition) is 1. The number of halogens is 1. The van der Waals surface area contributed by atoms with Crippen LogP contribution in [0.5, 0.6) is 5.75 Å². The molecule has 25 heavy (non-hydrogen) atoms. The molecule has 2 aromatic carbocycles. The van der Waals surface area contributed by atoms with Gasteiger partial charge in [0.2, 0.25) is 0 Å². The molecule has 0 saturated carbocycles. The highest BCUT2D eigenvalue weighted by molar-refractivity contribution is 6.30. The molecule has 0 atom stereocenters. The summed E-state index contributed by atoms with van der Waals surface area (Å²) in [5.41, 5.74) is 4.61. The molecule has 128 valence electrons. The van der Waals surface area contributed by atoms with E-state index in [0.717, 1.165) is 23.4 Å². The summed E-state index contributed by atoms with van der Waals surface area (Å²) in [6.07, 6.45) is 3.64. The van der Waals surface area contributed by atoms with Gasteiger partial charge in [0.1, 0.15) is 12.4 Å². The zero-order chi connectivity index (χ0) is 17.5. The van der Waals surface area contributed by atoms with Gasteiger partial charge in [0.15, 0.2) is 0 Å². The molecule has 4 heteroatoms. The molecule has 0 spiro atoms. The van der Waals surface area contributed by atoms with Crippen molar-refractivity contribution in [3.63, 3.8) is 0 Å². The Morgan fingerprint density at radius 1 is 1.00 bits per heavy atom. The fourth-order valence-electron chi connectivity index (χ4n) is 2.60. The van der Waals surface area contributed by atoms with Crippen molar-refractivity contribution in [3.05, 3.63) is 94.3 Å². The fourth-order valence-corrected chi connectivity index (χ4v) is 2.79. The Morgan fingerprint density at radius 2 is 1.88 bits per heavy atom. The average Bonchev–Trinajstić information content (AvgIpc) is 2.63. The summed E-state index contributed by atoms with van der Waals surface area (Å²) in [6, 6.07) is 18.0. The van der Waals surface area contributed by atoms with Gasteiger partial charge in [-0.05, 0) is 47.9 Å². The van der Waals surface area contributed by atoms with E-state index in [1.54, 1.807) is 6.20 Å². The maximum Gasteiger partial charge on any atom is 0.124 e. The van der Waals surface area contributed by atoms with Crippen LogP contribution in [0.1, 0.15) is 22.3 Å². The molecule has 0 aliphatic heterocycles. The molecule has 0 aliphatic rings. The quantitative estimate of drug-likeness (QED) is 0.655. The van der Waals surface area contributed by atoms with Crippen molar-refractivity contribution in [2.45, 2.75) is 26.6 Å². The number of rotatable bonds is 7. The van der Waals surface area contributed by atoms with Gasteiger partial charge in [-0.3, -0.25) is 4.98 Å². The van der Waals surface area contributed by atoms with E-state index in [0.29, 0.717) is 18.2 Å². The van der Waals surface area contributed by atoms with Gasteiger partial charge >= 0.3 is 0 Å². The molecule has 0 bridgehead atoms. The number of hydrogen-bond acceptors (Lipinski definition) is 3. The van der Waals surface area contributed by atoms with Gasteiger partial charge in [-0.2, -0.15) is 0 Å². The lowest BCUT2D eigenvalue weighted by Gasteiger charge is -2.14. The third-order valence-electron chi connectivity index (χ3n) is 4.03. The highest BCUT2D eigenvalue weighted by atomic mass is 35.5. The van der Waals surface area contributed by atoms with E-state index in [4.69, 9.17) is 16.3 Å². The topological polar surface area (TPSA) is 34.1 Å². The Hall–Kier alpha value is -2.36. The standard InChI is InChI=1S/C21H21ClN2O/c1-16-5-2-3-7-18(16)15-25-21-9-8-20(22)11-19(21)14-24-13-17-6-4-10-23-12-17/h2-12,24H,13-15H2,1H3. The normalized spacial score (nSPS) is 10.6. The summed E-state index contributed by atoms with van der Waals surface area (Å²) in [7, 11) is 0. The van der Waals surface area contributed by atoms with Gasteiger partial charge in [0, 0.05) is 36.1 Å². The summed E-state index contributed by atoms with van der Waals surface area (Å²) in [6.45, 7) is 4.07. The SMILES string of the molecule is Cc1ccccc1COc1ccc(Cl)cc1CNCc1cccnc1. The van der Waals surface area contributed by atoms with Crippen molar-refractivity contribution in [2.24, 2.45) is 0 Å². The summed E-state index contributed by atoms with van der Waals surface area (Å²) >= 11 is 6.16. The summed E-state index contributed by atoms with van der Waals surface area (Å²) < 4.78 is 6.05. The van der Waals surface area contributed by atoms with Crippen LogP contribution in [0.25, 0.3) is 0 Å². The van der Waals surface area contributed by atoms with E-state index < -0.39 is 0 Å². The van der Waals surface area contributed by atoms with E-state index in [2.05, 4.69) is 29.4 Å². The molecule has 3 nitrogen and oxygen atoms in total. The predicted molar refractivity (Wildman–Crippen MR) is 102 cm³/mol. The van der Waals surface area contributed by atoms with Gasteiger partial charge in [-0.1, -0.05) is 41.9 Å². The fraction of sp³-hybridized carbons (Fsp3) is 0.190. The Bertz CT molecular complexity index is 821. The van der Waals surface area contributed by atoms with Crippen LogP contribution in [0.15, 0.2) is 67.0 Å². The van der Waals surface area contributed by atoms with Crippen LogP contribution >= 0.6 is 11.6 Å². The zero-order valence-electron chi connectivity index (χ0n) is 14.2. The number of nitrogens with zero attached hydrogens (tertiary/aromatic N) is 1. The van der Waals surface area contributed by atoms with Crippen LogP contribution in [0, 0.1) is 6.92 Å². The molecular formula is C21H21ClN2O. The average molecular weight is 353 g/mol. The van der Waals surface area contributed by atoms with Gasteiger partial charge in [0.05, 0.1) is 0 Å². The Morgan fingerprint density at radius 3 is 2.68 bits per heavy atom. The maximum absolute atomic E-state index is 6.16. The minimum Gasteiger partial charge on any atom is -0.489 e. The molecule has 0 unspecified atom stereocenters. The third kappa shape index (κ3) is 5.05. The molecule has 1 N–H and O–H groups in total. The highest BCUT2D eigenvalue weighted by Crippen LogP contribution is 2.24. The van der Waals surface area contributed by atoms with Gasteiger partial charge in [-0.15, -0.1) is 0 Å². The van der Waals surface area contributed by atoms with Gasteiger partial charge in [0.25, 0.3) is 0 Å². The number of aromatic nitrogens is 1. The molecule has 1 aromatic heterocycles.